The number of alkyl halides is 1. The Labute approximate surface area is 126 Å². The number of aromatic nitrogens is 3. The summed E-state index contributed by atoms with van der Waals surface area (Å²) in [4.78, 5) is 8.76. The molecule has 0 aliphatic carbocycles. The fourth-order valence-corrected chi connectivity index (χ4v) is 2.66. The van der Waals surface area contributed by atoms with Crippen molar-refractivity contribution in [1.29, 1.82) is 0 Å². The lowest BCUT2D eigenvalue weighted by molar-refractivity contribution is 0.446. The zero-order chi connectivity index (χ0) is 14.1. The maximum Gasteiger partial charge on any atom is 0.214 e. The number of oxazole rings is 1. The summed E-state index contributed by atoms with van der Waals surface area (Å²) in [5.41, 5.74) is 1.69. The molecule has 0 bridgehead atoms. The van der Waals surface area contributed by atoms with Crippen LogP contribution in [0.5, 0.6) is 0 Å². The Morgan fingerprint density at radius 2 is 2.20 bits per heavy atom. The highest BCUT2D eigenvalue weighted by Gasteiger charge is 2.15. The second-order valence-electron chi connectivity index (χ2n) is 4.43. The Morgan fingerprint density at radius 3 is 2.90 bits per heavy atom. The molecule has 0 N–H and O–H groups in total. The molecule has 6 heteroatoms. The molecule has 0 unspecified atom stereocenters. The molecule has 104 valence electrons. The van der Waals surface area contributed by atoms with E-state index in [4.69, 9.17) is 27.6 Å². The number of rotatable bonds is 4. The van der Waals surface area contributed by atoms with E-state index >= 15 is 0 Å². The predicted octanol–water partition coefficient (Wildman–Crippen LogP) is 4.03. The van der Waals surface area contributed by atoms with E-state index in [0.717, 1.165) is 29.0 Å². The van der Waals surface area contributed by atoms with Gasteiger partial charge in [0.05, 0.1) is 28.1 Å². The lowest BCUT2D eigenvalue weighted by atomic mass is 10.3. The molecule has 20 heavy (non-hydrogen) atoms. The molecule has 2 heterocycles. The van der Waals surface area contributed by atoms with Crippen molar-refractivity contribution in [2.24, 2.45) is 0 Å². The zero-order valence-electron chi connectivity index (χ0n) is 10.9. The van der Waals surface area contributed by atoms with Crippen LogP contribution >= 0.6 is 23.2 Å². The Hall–Kier alpha value is -1.52. The van der Waals surface area contributed by atoms with Gasteiger partial charge in [-0.25, -0.2) is 9.97 Å². The third-order valence-electron chi connectivity index (χ3n) is 3.16. The molecule has 0 atom stereocenters. The van der Waals surface area contributed by atoms with Gasteiger partial charge in [0.25, 0.3) is 0 Å². The second-order valence-corrected chi connectivity index (χ2v) is 5.10. The van der Waals surface area contributed by atoms with E-state index in [1.165, 1.54) is 0 Å². The van der Waals surface area contributed by atoms with Gasteiger partial charge in [-0.05, 0) is 12.1 Å². The molecule has 0 aliphatic heterocycles. The van der Waals surface area contributed by atoms with Gasteiger partial charge >= 0.3 is 0 Å². The molecular weight excluding hydrogens is 297 g/mol. The first-order chi connectivity index (χ1) is 9.72. The molecule has 0 aliphatic rings. The summed E-state index contributed by atoms with van der Waals surface area (Å²) < 4.78 is 7.60. The standard InChI is InChI=1S/C14H13Cl2N3O/c1-2-9-7-17-13(20-9)8-19-12(6-15)18-11-5-3-4-10(16)14(11)19/h3-5,7H,2,6,8H2,1H3. The Morgan fingerprint density at radius 1 is 1.35 bits per heavy atom. The number of nitrogens with zero attached hydrogens (tertiary/aromatic N) is 3. The smallest absolute Gasteiger partial charge is 0.214 e. The maximum absolute atomic E-state index is 6.28. The van der Waals surface area contributed by atoms with Gasteiger partial charge in [-0.1, -0.05) is 24.6 Å². The molecule has 0 radical (unpaired) electrons. The molecule has 0 spiro atoms. The Kier molecular flexibility index (Phi) is 3.68. The van der Waals surface area contributed by atoms with E-state index < -0.39 is 0 Å². The van der Waals surface area contributed by atoms with Crippen LogP contribution in [-0.4, -0.2) is 14.5 Å². The second kappa shape index (κ2) is 5.46. The summed E-state index contributed by atoms with van der Waals surface area (Å²) in [6, 6.07) is 5.63. The maximum atomic E-state index is 6.28. The van der Waals surface area contributed by atoms with Crippen molar-refractivity contribution < 1.29 is 4.42 Å². The summed E-state index contributed by atoms with van der Waals surface area (Å²) in [6.07, 6.45) is 2.57. The van der Waals surface area contributed by atoms with Gasteiger partial charge in [0.1, 0.15) is 18.1 Å². The van der Waals surface area contributed by atoms with Crippen molar-refractivity contribution in [2.75, 3.05) is 0 Å². The first-order valence-corrected chi connectivity index (χ1v) is 7.27. The number of hydrogen-bond acceptors (Lipinski definition) is 3. The van der Waals surface area contributed by atoms with Crippen molar-refractivity contribution >= 4 is 34.2 Å². The molecular formula is C14H13Cl2N3O. The number of benzene rings is 1. The van der Waals surface area contributed by atoms with Gasteiger partial charge in [0, 0.05) is 6.42 Å². The van der Waals surface area contributed by atoms with E-state index in [1.54, 1.807) is 6.20 Å². The third-order valence-corrected chi connectivity index (χ3v) is 3.70. The van der Waals surface area contributed by atoms with Gasteiger partial charge < -0.3 is 8.98 Å². The van der Waals surface area contributed by atoms with Crippen molar-refractivity contribution in [3.63, 3.8) is 0 Å². The highest BCUT2D eigenvalue weighted by Crippen LogP contribution is 2.26. The predicted molar refractivity (Wildman–Crippen MR) is 79.3 cm³/mol. The first kappa shape index (κ1) is 13.5. The number of fused-ring (bicyclic) bond motifs is 1. The average molecular weight is 310 g/mol. The highest BCUT2D eigenvalue weighted by atomic mass is 35.5. The fourth-order valence-electron chi connectivity index (χ4n) is 2.18. The summed E-state index contributed by atoms with van der Waals surface area (Å²) in [5, 5.41) is 0.647. The molecule has 1 aromatic carbocycles. The van der Waals surface area contributed by atoms with E-state index in [9.17, 15) is 0 Å². The monoisotopic (exact) mass is 309 g/mol. The topological polar surface area (TPSA) is 43.9 Å². The van der Waals surface area contributed by atoms with Crippen LogP contribution in [0, 0.1) is 0 Å². The van der Waals surface area contributed by atoms with Crippen LogP contribution in [0.3, 0.4) is 0 Å². The number of para-hydroxylation sites is 1. The number of imidazole rings is 1. The number of halogens is 2. The number of hydrogen-bond donors (Lipinski definition) is 0. The van der Waals surface area contributed by atoms with E-state index in [2.05, 4.69) is 9.97 Å². The van der Waals surface area contributed by atoms with Crippen molar-refractivity contribution in [3.05, 3.63) is 46.9 Å². The molecule has 2 aromatic heterocycles. The van der Waals surface area contributed by atoms with Crippen LogP contribution < -0.4 is 0 Å². The fraction of sp³-hybridized carbons (Fsp3) is 0.286. The minimum absolute atomic E-state index is 0.312. The third kappa shape index (κ3) is 2.30. The largest absolute Gasteiger partial charge is 0.444 e. The molecule has 4 nitrogen and oxygen atoms in total. The van der Waals surface area contributed by atoms with Gasteiger partial charge in [-0.2, -0.15) is 0 Å². The van der Waals surface area contributed by atoms with Crippen molar-refractivity contribution in [1.82, 2.24) is 14.5 Å². The van der Waals surface area contributed by atoms with Crippen LogP contribution in [0.2, 0.25) is 5.02 Å². The molecule has 0 saturated heterocycles. The Balaban J connectivity index is 2.09. The van der Waals surface area contributed by atoms with E-state index in [-0.39, 0.29) is 0 Å². The first-order valence-electron chi connectivity index (χ1n) is 6.36. The molecule has 3 rings (SSSR count). The minimum atomic E-state index is 0.312. The van der Waals surface area contributed by atoms with Crippen LogP contribution in [-0.2, 0) is 18.8 Å². The van der Waals surface area contributed by atoms with Gasteiger partial charge in [-0.3, -0.25) is 0 Å². The lowest BCUT2D eigenvalue weighted by Gasteiger charge is -2.05. The minimum Gasteiger partial charge on any atom is -0.444 e. The van der Waals surface area contributed by atoms with Gasteiger partial charge in [0.2, 0.25) is 5.89 Å². The number of aryl methyl sites for hydroxylation is 1. The summed E-state index contributed by atoms with van der Waals surface area (Å²) in [6.45, 7) is 2.50. The molecule has 0 fully saturated rings. The Bertz CT molecular complexity index is 748. The quantitative estimate of drug-likeness (QED) is 0.683. The van der Waals surface area contributed by atoms with Gasteiger partial charge in [-0.15, -0.1) is 11.6 Å². The van der Waals surface area contributed by atoms with Crippen molar-refractivity contribution in [3.8, 4) is 0 Å². The van der Waals surface area contributed by atoms with Crippen LogP contribution in [0.15, 0.2) is 28.8 Å². The van der Waals surface area contributed by atoms with Crippen LogP contribution in [0.4, 0.5) is 0 Å². The van der Waals surface area contributed by atoms with Gasteiger partial charge in [0.15, 0.2) is 0 Å². The SMILES string of the molecule is CCc1cnc(Cn2c(CCl)nc3cccc(Cl)c32)o1. The lowest BCUT2D eigenvalue weighted by Crippen LogP contribution is -2.04. The van der Waals surface area contributed by atoms with Crippen LogP contribution in [0.25, 0.3) is 11.0 Å². The highest BCUT2D eigenvalue weighted by molar-refractivity contribution is 6.35. The van der Waals surface area contributed by atoms with E-state index in [1.807, 2.05) is 29.7 Å². The normalized spacial score (nSPS) is 11.3. The summed E-state index contributed by atoms with van der Waals surface area (Å²) in [5.74, 6) is 2.56. The van der Waals surface area contributed by atoms with Crippen molar-refractivity contribution in [2.45, 2.75) is 25.8 Å². The van der Waals surface area contributed by atoms with E-state index in [0.29, 0.717) is 23.3 Å². The van der Waals surface area contributed by atoms with Crippen LogP contribution in [0.1, 0.15) is 24.4 Å². The molecule has 0 amide bonds. The molecule has 3 aromatic rings. The summed E-state index contributed by atoms with van der Waals surface area (Å²) in [7, 11) is 0. The summed E-state index contributed by atoms with van der Waals surface area (Å²) >= 11 is 12.3. The average Bonchev–Trinajstić information content (AvgIpc) is 3.04. The molecule has 0 saturated carbocycles. The zero-order valence-corrected chi connectivity index (χ0v) is 12.4.